The monoisotopic (exact) mass is 325 g/mol. The zero-order valence-electron chi connectivity index (χ0n) is 11.4. The van der Waals surface area contributed by atoms with Crippen LogP contribution in [0.4, 0.5) is 0 Å². The summed E-state index contributed by atoms with van der Waals surface area (Å²) in [4.78, 5) is 0. The maximum absolute atomic E-state index is 6.36. The minimum Gasteiger partial charge on any atom is -0.487 e. The minimum absolute atomic E-state index is 0.0470. The van der Waals surface area contributed by atoms with E-state index >= 15 is 0 Å². The number of ether oxygens (including phenoxy) is 2. The third-order valence-electron chi connectivity index (χ3n) is 4.09. The molecule has 1 aromatic carbocycles. The van der Waals surface area contributed by atoms with Gasteiger partial charge in [0.05, 0.1) is 12.2 Å². The Morgan fingerprint density at radius 3 is 2.89 bits per heavy atom. The summed E-state index contributed by atoms with van der Waals surface area (Å²) in [5.74, 6) is 0.922. The van der Waals surface area contributed by atoms with Crippen molar-refractivity contribution >= 4 is 15.9 Å². The van der Waals surface area contributed by atoms with Gasteiger partial charge in [0.25, 0.3) is 0 Å². The van der Waals surface area contributed by atoms with E-state index in [4.69, 9.17) is 15.2 Å². The first-order valence-corrected chi connectivity index (χ1v) is 7.57. The molecule has 0 saturated carbocycles. The molecule has 2 aliphatic heterocycles. The highest BCUT2D eigenvalue weighted by Crippen LogP contribution is 2.46. The molecular formula is C15H20BrNO2. The summed E-state index contributed by atoms with van der Waals surface area (Å²) in [5, 5.41) is 0. The Balaban J connectivity index is 1.95. The van der Waals surface area contributed by atoms with E-state index in [1.165, 1.54) is 0 Å². The quantitative estimate of drug-likeness (QED) is 0.793. The van der Waals surface area contributed by atoms with E-state index in [1.807, 2.05) is 12.1 Å². The van der Waals surface area contributed by atoms with Crippen molar-refractivity contribution < 1.29 is 9.47 Å². The Bertz CT molecular complexity index is 503. The molecule has 104 valence electrons. The normalized spacial score (nSPS) is 32.7. The molecule has 1 saturated heterocycles. The van der Waals surface area contributed by atoms with Crippen LogP contribution in [-0.2, 0) is 4.74 Å². The smallest absolute Gasteiger partial charge is 0.126 e. The SMILES string of the molecule is CC1(C)CC2(CCO1)C[C@H](N)c1ccc(Br)cc1O2. The Morgan fingerprint density at radius 1 is 1.37 bits per heavy atom. The lowest BCUT2D eigenvalue weighted by molar-refractivity contribution is -0.141. The van der Waals surface area contributed by atoms with Gasteiger partial charge in [-0.05, 0) is 26.0 Å². The number of halogens is 1. The van der Waals surface area contributed by atoms with Gasteiger partial charge in [-0.25, -0.2) is 0 Å². The number of rotatable bonds is 0. The van der Waals surface area contributed by atoms with Gasteiger partial charge >= 0.3 is 0 Å². The van der Waals surface area contributed by atoms with Crippen LogP contribution < -0.4 is 10.5 Å². The fourth-order valence-corrected chi connectivity index (χ4v) is 3.72. The van der Waals surface area contributed by atoms with Gasteiger partial charge in [0.2, 0.25) is 0 Å². The van der Waals surface area contributed by atoms with Gasteiger partial charge in [-0.2, -0.15) is 0 Å². The van der Waals surface area contributed by atoms with Gasteiger partial charge in [0.15, 0.2) is 0 Å². The van der Waals surface area contributed by atoms with E-state index in [0.717, 1.165) is 41.7 Å². The van der Waals surface area contributed by atoms with Crippen LogP contribution in [-0.4, -0.2) is 17.8 Å². The molecule has 2 aliphatic rings. The summed E-state index contributed by atoms with van der Waals surface area (Å²) in [5.41, 5.74) is 7.15. The van der Waals surface area contributed by atoms with E-state index in [2.05, 4.69) is 35.8 Å². The van der Waals surface area contributed by atoms with Gasteiger partial charge in [-0.15, -0.1) is 0 Å². The summed E-state index contributed by atoms with van der Waals surface area (Å²) in [6.45, 7) is 4.99. The molecule has 0 aliphatic carbocycles. The van der Waals surface area contributed by atoms with Crippen LogP contribution in [0.15, 0.2) is 22.7 Å². The first-order valence-electron chi connectivity index (χ1n) is 6.77. The van der Waals surface area contributed by atoms with Crippen LogP contribution in [0.25, 0.3) is 0 Å². The topological polar surface area (TPSA) is 44.5 Å². The fourth-order valence-electron chi connectivity index (χ4n) is 3.38. The number of benzene rings is 1. The molecule has 1 aromatic rings. The highest BCUT2D eigenvalue weighted by Gasteiger charge is 2.46. The molecule has 4 heteroatoms. The molecular weight excluding hydrogens is 306 g/mol. The van der Waals surface area contributed by atoms with Crippen LogP contribution in [0.2, 0.25) is 0 Å². The summed E-state index contributed by atoms with van der Waals surface area (Å²) in [6.07, 6.45) is 2.67. The van der Waals surface area contributed by atoms with E-state index < -0.39 is 0 Å². The average molecular weight is 326 g/mol. The van der Waals surface area contributed by atoms with Gasteiger partial charge in [-0.1, -0.05) is 22.0 Å². The van der Waals surface area contributed by atoms with Crippen molar-refractivity contribution in [2.75, 3.05) is 6.61 Å². The van der Waals surface area contributed by atoms with Gasteiger partial charge < -0.3 is 15.2 Å². The zero-order chi connectivity index (χ0) is 13.7. The van der Waals surface area contributed by atoms with Gasteiger partial charge in [0.1, 0.15) is 11.4 Å². The van der Waals surface area contributed by atoms with E-state index in [0.29, 0.717) is 0 Å². The van der Waals surface area contributed by atoms with Crippen molar-refractivity contribution in [1.82, 2.24) is 0 Å². The predicted molar refractivity (Wildman–Crippen MR) is 78.3 cm³/mol. The lowest BCUT2D eigenvalue weighted by Gasteiger charge is -2.48. The molecule has 1 fully saturated rings. The molecule has 0 aromatic heterocycles. The van der Waals surface area contributed by atoms with Gasteiger partial charge in [-0.3, -0.25) is 0 Å². The second-order valence-electron chi connectivity index (χ2n) is 6.31. The number of nitrogens with two attached hydrogens (primary N) is 1. The molecule has 0 bridgehead atoms. The largest absolute Gasteiger partial charge is 0.487 e. The van der Waals surface area contributed by atoms with Crippen molar-refractivity contribution in [3.63, 3.8) is 0 Å². The molecule has 19 heavy (non-hydrogen) atoms. The Labute approximate surface area is 122 Å². The van der Waals surface area contributed by atoms with Crippen LogP contribution in [0.3, 0.4) is 0 Å². The lowest BCUT2D eigenvalue weighted by atomic mass is 9.77. The van der Waals surface area contributed by atoms with Crippen LogP contribution in [0, 0.1) is 0 Å². The number of fused-ring (bicyclic) bond motifs is 1. The van der Waals surface area contributed by atoms with Crippen molar-refractivity contribution in [3.8, 4) is 5.75 Å². The Kier molecular flexibility index (Phi) is 3.15. The molecule has 1 spiro atoms. The fraction of sp³-hybridized carbons (Fsp3) is 0.600. The van der Waals surface area contributed by atoms with Crippen molar-refractivity contribution in [1.29, 1.82) is 0 Å². The van der Waals surface area contributed by atoms with E-state index in [9.17, 15) is 0 Å². The summed E-state index contributed by atoms with van der Waals surface area (Å²) in [6, 6.07) is 6.15. The molecule has 2 atom stereocenters. The highest BCUT2D eigenvalue weighted by molar-refractivity contribution is 9.10. The molecule has 0 radical (unpaired) electrons. The summed E-state index contributed by atoms with van der Waals surface area (Å²) >= 11 is 3.50. The van der Waals surface area contributed by atoms with Crippen molar-refractivity contribution in [2.24, 2.45) is 5.73 Å². The number of hydrogen-bond acceptors (Lipinski definition) is 3. The minimum atomic E-state index is -0.172. The Morgan fingerprint density at radius 2 is 2.16 bits per heavy atom. The maximum atomic E-state index is 6.36. The van der Waals surface area contributed by atoms with Crippen LogP contribution in [0.5, 0.6) is 5.75 Å². The van der Waals surface area contributed by atoms with Gasteiger partial charge in [0, 0.05) is 35.3 Å². The summed E-state index contributed by atoms with van der Waals surface area (Å²) < 4.78 is 13.2. The molecule has 0 amide bonds. The third-order valence-corrected chi connectivity index (χ3v) is 4.59. The van der Waals surface area contributed by atoms with E-state index in [1.54, 1.807) is 0 Å². The van der Waals surface area contributed by atoms with E-state index in [-0.39, 0.29) is 17.2 Å². The molecule has 3 nitrogen and oxygen atoms in total. The standard InChI is InChI=1S/C15H20BrNO2/c1-14(2)9-15(5-6-18-14)8-12(17)11-4-3-10(16)7-13(11)19-15/h3-4,7,12H,5-6,8-9,17H2,1-2H3/t12-,15?/m0/s1. The second kappa shape index (κ2) is 4.47. The first kappa shape index (κ1) is 13.4. The van der Waals surface area contributed by atoms with Crippen LogP contribution >= 0.6 is 15.9 Å². The third kappa shape index (κ3) is 2.54. The first-order chi connectivity index (χ1) is 8.89. The lowest BCUT2D eigenvalue weighted by Crippen LogP contribution is -2.52. The molecule has 1 unspecified atom stereocenters. The number of hydrogen-bond donors (Lipinski definition) is 1. The van der Waals surface area contributed by atoms with Crippen LogP contribution in [0.1, 0.15) is 44.7 Å². The highest BCUT2D eigenvalue weighted by atomic mass is 79.9. The van der Waals surface area contributed by atoms with Crippen molar-refractivity contribution in [3.05, 3.63) is 28.2 Å². The zero-order valence-corrected chi connectivity index (χ0v) is 13.0. The molecule has 3 rings (SSSR count). The molecule has 2 N–H and O–H groups in total. The second-order valence-corrected chi connectivity index (χ2v) is 7.23. The molecule has 2 heterocycles. The maximum Gasteiger partial charge on any atom is 0.126 e. The average Bonchev–Trinajstić information content (AvgIpc) is 2.25. The Hall–Kier alpha value is -0.580. The summed E-state index contributed by atoms with van der Waals surface area (Å²) in [7, 11) is 0. The predicted octanol–water partition coefficient (Wildman–Crippen LogP) is 3.56. The van der Waals surface area contributed by atoms with Crippen molar-refractivity contribution in [2.45, 2.75) is 50.4 Å².